The summed E-state index contributed by atoms with van der Waals surface area (Å²) in [5.41, 5.74) is 0. The molecule has 21 heavy (non-hydrogen) atoms. The number of nitro groups is 1. The van der Waals surface area contributed by atoms with E-state index < -0.39 is 10.9 Å². The topological polar surface area (TPSA) is 108 Å². The van der Waals surface area contributed by atoms with Gasteiger partial charge in [0.25, 0.3) is 0 Å². The molecule has 0 saturated heterocycles. The van der Waals surface area contributed by atoms with Crippen LogP contribution in [0.5, 0.6) is 0 Å². The van der Waals surface area contributed by atoms with Gasteiger partial charge >= 0.3 is 11.8 Å². The number of imidazole rings is 1. The summed E-state index contributed by atoms with van der Waals surface area (Å²) in [6.07, 6.45) is 2.67. The average Bonchev–Trinajstić information content (AvgIpc) is 2.90. The zero-order valence-electron chi connectivity index (χ0n) is 12.2. The number of hydrogen-bond donors (Lipinski definition) is 0. The van der Waals surface area contributed by atoms with Crippen molar-refractivity contribution in [3.63, 3.8) is 0 Å². The van der Waals surface area contributed by atoms with Gasteiger partial charge in [0.2, 0.25) is 12.2 Å². The Labute approximate surface area is 121 Å². The third kappa shape index (κ3) is 4.86. The molecule has 0 unspecified atom stereocenters. The Kier molecular flexibility index (Phi) is 5.82. The fraction of sp³-hybridized carbons (Fsp3) is 0.583. The van der Waals surface area contributed by atoms with Gasteiger partial charge in [-0.3, -0.25) is 9.59 Å². The number of carbonyl (C=O) groups is 2. The van der Waals surface area contributed by atoms with E-state index in [9.17, 15) is 19.7 Å². The number of amides is 1. The van der Waals surface area contributed by atoms with E-state index in [-0.39, 0.29) is 37.3 Å². The molecule has 0 fully saturated rings. The molecule has 0 aliphatic rings. The van der Waals surface area contributed by atoms with Crippen molar-refractivity contribution in [1.29, 1.82) is 0 Å². The number of aryl methyl sites for hydroxylation is 1. The quantitative estimate of drug-likeness (QED) is 0.414. The molecule has 116 valence electrons. The monoisotopic (exact) mass is 298 g/mol. The lowest BCUT2D eigenvalue weighted by atomic mass is 10.2. The number of ether oxygens (including phenoxy) is 1. The van der Waals surface area contributed by atoms with Crippen LogP contribution in [0.15, 0.2) is 12.5 Å². The Balaban J connectivity index is 2.60. The van der Waals surface area contributed by atoms with Gasteiger partial charge in [-0.15, -0.1) is 0 Å². The van der Waals surface area contributed by atoms with Crippen LogP contribution in [-0.2, 0) is 20.9 Å². The van der Waals surface area contributed by atoms with Gasteiger partial charge in [0.05, 0.1) is 7.11 Å². The number of rotatable bonds is 7. The normalized spacial score (nSPS) is 10.5. The smallest absolute Gasteiger partial charge is 0.381 e. The number of methoxy groups -OCH3 is 1. The van der Waals surface area contributed by atoms with Gasteiger partial charge in [0.15, 0.2) is 0 Å². The lowest BCUT2D eigenvalue weighted by Gasteiger charge is -2.25. The minimum atomic E-state index is -0.601. The van der Waals surface area contributed by atoms with Crippen molar-refractivity contribution in [2.75, 3.05) is 13.7 Å². The SMILES string of the molecule is COC(=O)CN(C(=O)CCn1cnc([N+](=O)[O-])c1)C(C)C. The van der Waals surface area contributed by atoms with Crippen LogP contribution in [0.2, 0.25) is 0 Å². The van der Waals surface area contributed by atoms with Gasteiger partial charge in [0.1, 0.15) is 12.7 Å². The molecule has 1 heterocycles. The molecule has 9 heteroatoms. The molecular formula is C12H18N4O5. The molecule has 0 atom stereocenters. The molecular weight excluding hydrogens is 280 g/mol. The highest BCUT2D eigenvalue weighted by atomic mass is 16.6. The summed E-state index contributed by atoms with van der Waals surface area (Å²) in [5.74, 6) is -0.986. The molecule has 1 rings (SSSR count). The summed E-state index contributed by atoms with van der Waals surface area (Å²) in [5, 5.41) is 10.5. The highest BCUT2D eigenvalue weighted by molar-refractivity contribution is 5.82. The average molecular weight is 298 g/mol. The van der Waals surface area contributed by atoms with Crippen LogP contribution >= 0.6 is 0 Å². The third-order valence-corrected chi connectivity index (χ3v) is 2.86. The second-order valence-electron chi connectivity index (χ2n) is 4.67. The first-order valence-corrected chi connectivity index (χ1v) is 6.37. The van der Waals surface area contributed by atoms with Gasteiger partial charge in [-0.2, -0.15) is 0 Å². The maximum atomic E-state index is 12.1. The molecule has 0 aliphatic heterocycles. The molecule has 0 N–H and O–H groups in total. The molecule has 0 spiro atoms. The van der Waals surface area contributed by atoms with Gasteiger partial charge in [-0.25, -0.2) is 0 Å². The van der Waals surface area contributed by atoms with Crippen molar-refractivity contribution < 1.29 is 19.2 Å². The van der Waals surface area contributed by atoms with E-state index in [2.05, 4.69) is 9.72 Å². The van der Waals surface area contributed by atoms with Crippen molar-refractivity contribution in [3.8, 4) is 0 Å². The summed E-state index contributed by atoms with van der Waals surface area (Å²) >= 11 is 0. The number of carbonyl (C=O) groups excluding carboxylic acids is 2. The van der Waals surface area contributed by atoms with E-state index in [0.717, 1.165) is 0 Å². The van der Waals surface area contributed by atoms with Crippen LogP contribution in [-0.4, -0.2) is 50.9 Å². The highest BCUT2D eigenvalue weighted by Crippen LogP contribution is 2.08. The van der Waals surface area contributed by atoms with Crippen LogP contribution in [0.3, 0.4) is 0 Å². The fourth-order valence-corrected chi connectivity index (χ4v) is 1.70. The predicted molar refractivity (Wildman–Crippen MR) is 72.4 cm³/mol. The Morgan fingerprint density at radius 1 is 1.52 bits per heavy atom. The Bertz CT molecular complexity index is 525. The van der Waals surface area contributed by atoms with Crippen LogP contribution in [0, 0.1) is 10.1 Å². The van der Waals surface area contributed by atoms with E-state index in [1.807, 2.05) is 0 Å². The van der Waals surface area contributed by atoms with Gasteiger partial charge in [-0.05, 0) is 23.8 Å². The maximum absolute atomic E-state index is 12.1. The lowest BCUT2D eigenvalue weighted by Crippen LogP contribution is -2.41. The van der Waals surface area contributed by atoms with Gasteiger partial charge in [0, 0.05) is 19.0 Å². The van der Waals surface area contributed by atoms with E-state index in [4.69, 9.17) is 0 Å². The van der Waals surface area contributed by atoms with Crippen molar-refractivity contribution >= 4 is 17.7 Å². The van der Waals surface area contributed by atoms with Crippen LogP contribution in [0.25, 0.3) is 0 Å². The highest BCUT2D eigenvalue weighted by Gasteiger charge is 2.20. The summed E-state index contributed by atoms with van der Waals surface area (Å²) in [6.45, 7) is 3.73. The molecule has 1 aromatic rings. The largest absolute Gasteiger partial charge is 0.468 e. The summed E-state index contributed by atoms with van der Waals surface area (Å²) in [6, 6.07) is -0.145. The molecule has 0 aromatic carbocycles. The molecule has 1 amide bonds. The number of nitrogens with zero attached hydrogens (tertiary/aromatic N) is 4. The second-order valence-corrected chi connectivity index (χ2v) is 4.67. The first-order valence-electron chi connectivity index (χ1n) is 6.37. The standard InChI is InChI=1S/C12H18N4O5/c1-9(2)15(7-12(18)21-3)11(17)4-5-14-6-10(13-8-14)16(19)20/h6,8-9H,4-5,7H2,1-3H3. The van der Waals surface area contributed by atoms with E-state index >= 15 is 0 Å². The Morgan fingerprint density at radius 2 is 2.19 bits per heavy atom. The van der Waals surface area contributed by atoms with Crippen LogP contribution < -0.4 is 0 Å². The van der Waals surface area contributed by atoms with Crippen molar-refractivity contribution in [2.45, 2.75) is 32.9 Å². The number of aromatic nitrogens is 2. The van der Waals surface area contributed by atoms with Crippen LogP contribution in [0.4, 0.5) is 5.82 Å². The Morgan fingerprint density at radius 3 is 2.67 bits per heavy atom. The Hall–Kier alpha value is -2.45. The van der Waals surface area contributed by atoms with E-state index in [1.165, 1.54) is 29.1 Å². The minimum Gasteiger partial charge on any atom is -0.468 e. The molecule has 0 saturated carbocycles. The van der Waals surface area contributed by atoms with E-state index in [0.29, 0.717) is 0 Å². The first kappa shape index (κ1) is 16.6. The summed E-state index contributed by atoms with van der Waals surface area (Å²) in [7, 11) is 1.26. The lowest BCUT2D eigenvalue weighted by molar-refractivity contribution is -0.389. The van der Waals surface area contributed by atoms with Crippen molar-refractivity contribution in [1.82, 2.24) is 14.5 Å². The molecule has 1 aromatic heterocycles. The summed E-state index contributed by atoms with van der Waals surface area (Å²) in [4.78, 5) is 38.3. The molecule has 0 aliphatic carbocycles. The van der Waals surface area contributed by atoms with Gasteiger partial charge < -0.3 is 24.3 Å². The molecule has 0 radical (unpaired) electrons. The van der Waals surface area contributed by atoms with E-state index in [1.54, 1.807) is 13.8 Å². The second kappa shape index (κ2) is 7.36. The minimum absolute atomic E-state index is 0.114. The number of hydrogen-bond acceptors (Lipinski definition) is 6. The van der Waals surface area contributed by atoms with Gasteiger partial charge in [-0.1, -0.05) is 0 Å². The molecule has 0 bridgehead atoms. The zero-order chi connectivity index (χ0) is 16.0. The maximum Gasteiger partial charge on any atom is 0.381 e. The summed E-state index contributed by atoms with van der Waals surface area (Å²) < 4.78 is 6.02. The zero-order valence-corrected chi connectivity index (χ0v) is 12.2. The van der Waals surface area contributed by atoms with Crippen molar-refractivity contribution in [3.05, 3.63) is 22.6 Å². The van der Waals surface area contributed by atoms with Crippen molar-refractivity contribution in [2.24, 2.45) is 0 Å². The predicted octanol–water partition coefficient (Wildman–Crippen LogP) is 0.591. The molecule has 9 nitrogen and oxygen atoms in total. The van der Waals surface area contributed by atoms with Crippen LogP contribution in [0.1, 0.15) is 20.3 Å². The first-order chi connectivity index (χ1) is 9.85. The third-order valence-electron chi connectivity index (χ3n) is 2.86. The number of esters is 1. The fourth-order valence-electron chi connectivity index (χ4n) is 1.70.